The van der Waals surface area contributed by atoms with Gasteiger partial charge in [0.15, 0.2) is 0 Å². The van der Waals surface area contributed by atoms with Gasteiger partial charge in [0.25, 0.3) is 0 Å². The van der Waals surface area contributed by atoms with Crippen molar-refractivity contribution in [3.05, 3.63) is 0 Å². The molecule has 0 rings (SSSR count). The Morgan fingerprint density at radius 3 is 2.38 bits per heavy atom. The zero-order valence-corrected chi connectivity index (χ0v) is 11.3. The van der Waals surface area contributed by atoms with E-state index in [1.165, 1.54) is 51.5 Å². The first kappa shape index (κ1) is 13.7. The standard InChI is InChI=1S/C11H24IN/c1-3-4-8-11(12)9-6-5-7-10-13-2/h11,13H,3-10H2,1-2H3. The molecule has 0 aromatic carbocycles. The zero-order chi connectivity index (χ0) is 9.94. The molecule has 0 amide bonds. The highest BCUT2D eigenvalue weighted by molar-refractivity contribution is 14.1. The Bertz CT molecular complexity index is 96.1. The number of rotatable bonds is 9. The van der Waals surface area contributed by atoms with Crippen molar-refractivity contribution in [2.24, 2.45) is 0 Å². The first-order valence-electron chi connectivity index (χ1n) is 5.60. The molecule has 1 atom stereocenters. The molecule has 0 fully saturated rings. The fourth-order valence-electron chi connectivity index (χ4n) is 1.41. The Balaban J connectivity index is 3.03. The van der Waals surface area contributed by atoms with Gasteiger partial charge in [-0.05, 0) is 32.9 Å². The number of alkyl halides is 1. The highest BCUT2D eigenvalue weighted by Gasteiger charge is 2.01. The van der Waals surface area contributed by atoms with Crippen LogP contribution in [0.3, 0.4) is 0 Å². The summed E-state index contributed by atoms with van der Waals surface area (Å²) in [4.78, 5) is 0. The third kappa shape index (κ3) is 10.6. The number of hydrogen-bond acceptors (Lipinski definition) is 1. The van der Waals surface area contributed by atoms with Gasteiger partial charge in [-0.25, -0.2) is 0 Å². The van der Waals surface area contributed by atoms with Gasteiger partial charge in [0.05, 0.1) is 0 Å². The molecule has 1 nitrogen and oxygen atoms in total. The maximum Gasteiger partial charge on any atom is 0.0110 e. The number of halogens is 1. The maximum atomic E-state index is 3.19. The van der Waals surface area contributed by atoms with Crippen molar-refractivity contribution >= 4 is 22.6 Å². The van der Waals surface area contributed by atoms with Crippen molar-refractivity contribution < 1.29 is 0 Å². The monoisotopic (exact) mass is 297 g/mol. The first-order chi connectivity index (χ1) is 6.31. The van der Waals surface area contributed by atoms with Crippen LogP contribution >= 0.6 is 22.6 Å². The van der Waals surface area contributed by atoms with Gasteiger partial charge in [-0.3, -0.25) is 0 Å². The number of nitrogens with one attached hydrogen (secondary N) is 1. The smallest absolute Gasteiger partial charge is 0.0110 e. The molecular weight excluding hydrogens is 273 g/mol. The Labute approximate surface area is 97.2 Å². The minimum absolute atomic E-state index is 0.923. The fourth-order valence-corrected chi connectivity index (χ4v) is 2.30. The lowest BCUT2D eigenvalue weighted by molar-refractivity contribution is 0.586. The second-order valence-corrected chi connectivity index (χ2v) is 5.45. The minimum atomic E-state index is 0.923. The van der Waals surface area contributed by atoms with E-state index in [4.69, 9.17) is 0 Å². The molecule has 0 aliphatic carbocycles. The van der Waals surface area contributed by atoms with Crippen LogP contribution in [0.2, 0.25) is 0 Å². The van der Waals surface area contributed by atoms with E-state index >= 15 is 0 Å². The van der Waals surface area contributed by atoms with Gasteiger partial charge < -0.3 is 5.32 Å². The van der Waals surface area contributed by atoms with Gasteiger partial charge >= 0.3 is 0 Å². The summed E-state index contributed by atoms with van der Waals surface area (Å²) in [6.07, 6.45) is 9.75. The van der Waals surface area contributed by atoms with E-state index < -0.39 is 0 Å². The molecule has 2 heteroatoms. The molecule has 0 aliphatic heterocycles. The molecule has 0 spiro atoms. The molecule has 1 N–H and O–H groups in total. The van der Waals surface area contributed by atoms with Crippen molar-refractivity contribution in [2.75, 3.05) is 13.6 Å². The van der Waals surface area contributed by atoms with Gasteiger partial charge in [-0.1, -0.05) is 55.2 Å². The summed E-state index contributed by atoms with van der Waals surface area (Å²) < 4.78 is 0.923. The van der Waals surface area contributed by atoms with Crippen LogP contribution in [0.1, 0.15) is 51.9 Å². The van der Waals surface area contributed by atoms with Crippen molar-refractivity contribution in [3.63, 3.8) is 0 Å². The van der Waals surface area contributed by atoms with Crippen LogP contribution in [0, 0.1) is 0 Å². The average molecular weight is 297 g/mol. The molecule has 0 aliphatic rings. The lowest BCUT2D eigenvalue weighted by atomic mass is 10.1. The summed E-state index contributed by atoms with van der Waals surface area (Å²) >= 11 is 2.61. The quantitative estimate of drug-likeness (QED) is 0.388. The zero-order valence-electron chi connectivity index (χ0n) is 9.11. The van der Waals surface area contributed by atoms with Crippen LogP contribution in [0.4, 0.5) is 0 Å². The van der Waals surface area contributed by atoms with Crippen LogP contribution in [0.25, 0.3) is 0 Å². The van der Waals surface area contributed by atoms with Crippen molar-refractivity contribution in [2.45, 2.75) is 55.8 Å². The van der Waals surface area contributed by atoms with Gasteiger partial charge in [0.1, 0.15) is 0 Å². The Morgan fingerprint density at radius 1 is 1.08 bits per heavy atom. The van der Waals surface area contributed by atoms with Gasteiger partial charge in [0.2, 0.25) is 0 Å². The van der Waals surface area contributed by atoms with Crippen molar-refractivity contribution in [1.82, 2.24) is 5.32 Å². The van der Waals surface area contributed by atoms with Gasteiger partial charge in [0, 0.05) is 3.92 Å². The van der Waals surface area contributed by atoms with E-state index in [9.17, 15) is 0 Å². The molecule has 0 radical (unpaired) electrons. The molecule has 0 aromatic heterocycles. The summed E-state index contributed by atoms with van der Waals surface area (Å²) in [6, 6.07) is 0. The Morgan fingerprint density at radius 2 is 1.77 bits per heavy atom. The average Bonchev–Trinajstić information content (AvgIpc) is 2.14. The topological polar surface area (TPSA) is 12.0 Å². The van der Waals surface area contributed by atoms with Crippen molar-refractivity contribution in [3.8, 4) is 0 Å². The van der Waals surface area contributed by atoms with Crippen LogP contribution in [-0.2, 0) is 0 Å². The predicted molar refractivity (Wildman–Crippen MR) is 69.7 cm³/mol. The fraction of sp³-hybridized carbons (Fsp3) is 1.00. The first-order valence-corrected chi connectivity index (χ1v) is 6.84. The third-order valence-corrected chi connectivity index (χ3v) is 3.56. The predicted octanol–water partition coefficient (Wildman–Crippen LogP) is 3.76. The SMILES string of the molecule is CCCCC(I)CCCCCNC. The maximum absolute atomic E-state index is 3.19. The molecule has 0 bridgehead atoms. The highest BCUT2D eigenvalue weighted by Crippen LogP contribution is 2.17. The van der Waals surface area contributed by atoms with E-state index in [-0.39, 0.29) is 0 Å². The molecular formula is C11H24IN. The molecule has 1 unspecified atom stereocenters. The number of unbranched alkanes of at least 4 members (excludes halogenated alkanes) is 3. The van der Waals surface area contributed by atoms with Crippen LogP contribution in [0.15, 0.2) is 0 Å². The van der Waals surface area contributed by atoms with Crippen LogP contribution in [0.5, 0.6) is 0 Å². The van der Waals surface area contributed by atoms with Gasteiger partial charge in [-0.15, -0.1) is 0 Å². The van der Waals surface area contributed by atoms with E-state index in [1.807, 2.05) is 7.05 Å². The summed E-state index contributed by atoms with van der Waals surface area (Å²) in [7, 11) is 2.03. The number of hydrogen-bond donors (Lipinski definition) is 1. The summed E-state index contributed by atoms with van der Waals surface area (Å²) in [5, 5.41) is 3.19. The van der Waals surface area contributed by atoms with Crippen LogP contribution < -0.4 is 5.32 Å². The molecule has 0 saturated carbocycles. The lowest BCUT2D eigenvalue weighted by Gasteiger charge is -2.08. The largest absolute Gasteiger partial charge is 0.320 e. The molecule has 13 heavy (non-hydrogen) atoms. The van der Waals surface area contributed by atoms with E-state index in [1.54, 1.807) is 0 Å². The second kappa shape index (κ2) is 10.8. The normalized spacial score (nSPS) is 13.2. The lowest BCUT2D eigenvalue weighted by Crippen LogP contribution is -2.07. The third-order valence-electron chi connectivity index (χ3n) is 2.32. The Kier molecular flexibility index (Phi) is 11.3. The van der Waals surface area contributed by atoms with E-state index in [0.29, 0.717) is 0 Å². The van der Waals surface area contributed by atoms with Crippen molar-refractivity contribution in [1.29, 1.82) is 0 Å². The molecule has 0 aromatic rings. The summed E-state index contributed by atoms with van der Waals surface area (Å²) in [6.45, 7) is 3.46. The Hall–Kier alpha value is 0.690. The van der Waals surface area contributed by atoms with E-state index in [2.05, 4.69) is 34.8 Å². The molecule has 0 heterocycles. The molecule has 80 valence electrons. The minimum Gasteiger partial charge on any atom is -0.320 e. The second-order valence-electron chi connectivity index (χ2n) is 3.69. The molecule has 0 saturated heterocycles. The van der Waals surface area contributed by atoms with Crippen LogP contribution in [-0.4, -0.2) is 17.5 Å². The highest BCUT2D eigenvalue weighted by atomic mass is 127. The van der Waals surface area contributed by atoms with E-state index in [0.717, 1.165) is 3.92 Å². The summed E-state index contributed by atoms with van der Waals surface area (Å²) in [5.41, 5.74) is 0. The van der Waals surface area contributed by atoms with Gasteiger partial charge in [-0.2, -0.15) is 0 Å². The summed E-state index contributed by atoms with van der Waals surface area (Å²) in [5.74, 6) is 0.